The Morgan fingerprint density at radius 3 is 2.46 bits per heavy atom. The van der Waals surface area contributed by atoms with E-state index in [1.807, 2.05) is 13.0 Å². The number of thiophene rings is 2. The normalized spacial score (nSPS) is 11.2. The van der Waals surface area contributed by atoms with Crippen LogP contribution in [0.25, 0.3) is 20.7 Å². The van der Waals surface area contributed by atoms with Crippen LogP contribution in [0.2, 0.25) is 0 Å². The highest BCUT2D eigenvalue weighted by atomic mass is 32.1. The zero-order chi connectivity index (χ0) is 27.7. The first-order valence-corrected chi connectivity index (χ1v) is 13.2. The number of primary amides is 1. The van der Waals surface area contributed by atoms with Crippen LogP contribution < -0.4 is 20.5 Å². The highest BCUT2D eigenvalue weighted by Gasteiger charge is 2.26. The van der Waals surface area contributed by atoms with Gasteiger partial charge in [0.2, 0.25) is 0 Å². The van der Waals surface area contributed by atoms with Crippen molar-refractivity contribution < 1.29 is 32.3 Å². The molecule has 1 aromatic carbocycles. The highest BCUT2D eigenvalue weighted by Crippen LogP contribution is 2.44. The molecule has 4 aromatic heterocycles. The second-order valence-electron chi connectivity index (χ2n) is 8.34. The number of carbonyl (C=O) groups excluding carboxylic acids is 2. The van der Waals surface area contributed by atoms with Crippen LogP contribution in [0.5, 0.6) is 11.5 Å². The number of nitrogens with two attached hydrogens (primary N) is 1. The Hall–Kier alpha value is -4.29. The number of ether oxygens (including phenoxy) is 2. The molecule has 5 rings (SSSR count). The third-order valence-electron chi connectivity index (χ3n) is 5.70. The van der Waals surface area contributed by atoms with Gasteiger partial charge in [-0.25, -0.2) is 13.8 Å². The summed E-state index contributed by atoms with van der Waals surface area (Å²) in [5, 5.41) is 3.05. The van der Waals surface area contributed by atoms with Crippen LogP contribution in [0.1, 0.15) is 43.0 Å². The van der Waals surface area contributed by atoms with E-state index in [4.69, 9.17) is 19.6 Å². The van der Waals surface area contributed by atoms with Crippen molar-refractivity contribution in [1.29, 1.82) is 0 Å². The Bertz CT molecular complexity index is 1670. The van der Waals surface area contributed by atoms with Gasteiger partial charge in [-0.15, -0.1) is 22.7 Å². The number of aromatic nitrogens is 1. The number of alkyl halides is 2. The third kappa shape index (κ3) is 5.47. The van der Waals surface area contributed by atoms with E-state index in [0.717, 1.165) is 16.2 Å². The summed E-state index contributed by atoms with van der Waals surface area (Å²) in [5.74, 6) is 0.144. The number of fused-ring (bicyclic) bond motifs is 1. The Kier molecular flexibility index (Phi) is 7.31. The molecule has 4 heterocycles. The maximum Gasteiger partial charge on any atom is 0.291 e. The Labute approximate surface area is 229 Å². The number of benzene rings is 1. The molecule has 0 aliphatic heterocycles. The minimum Gasteiger partial charge on any atom is -0.497 e. The van der Waals surface area contributed by atoms with E-state index >= 15 is 0 Å². The summed E-state index contributed by atoms with van der Waals surface area (Å²) in [6.07, 6.45) is -2.83. The number of aryl methyl sites for hydroxylation is 1. The maximum atomic E-state index is 13.7. The Morgan fingerprint density at radius 1 is 1.08 bits per heavy atom. The number of methoxy groups -OCH3 is 1. The fourth-order valence-electron chi connectivity index (χ4n) is 3.87. The summed E-state index contributed by atoms with van der Waals surface area (Å²) >= 11 is 2.23. The van der Waals surface area contributed by atoms with Crippen LogP contribution in [-0.2, 0) is 6.61 Å². The van der Waals surface area contributed by atoms with Gasteiger partial charge in [-0.05, 0) is 61.5 Å². The molecule has 3 N–H and O–H groups in total. The molecule has 2 amide bonds. The predicted molar refractivity (Wildman–Crippen MR) is 145 cm³/mol. The Morgan fingerprint density at radius 2 is 1.82 bits per heavy atom. The fraction of sp³-hybridized carbons (Fsp3) is 0.148. The molecule has 5 aromatic rings. The molecular formula is C27H21F2N3O5S2. The first-order chi connectivity index (χ1) is 18.7. The number of carbonyl (C=O) groups is 2. The number of rotatable bonds is 9. The molecule has 8 nitrogen and oxygen atoms in total. The summed E-state index contributed by atoms with van der Waals surface area (Å²) in [5.41, 5.74) is 5.67. The molecule has 0 fully saturated rings. The molecule has 0 saturated heterocycles. The zero-order valence-electron chi connectivity index (χ0n) is 20.6. The van der Waals surface area contributed by atoms with Gasteiger partial charge in [0.1, 0.15) is 39.3 Å². The van der Waals surface area contributed by atoms with Gasteiger partial charge in [-0.2, -0.15) is 0 Å². The number of pyridine rings is 1. The summed E-state index contributed by atoms with van der Waals surface area (Å²) in [6.45, 7) is 1.95. The molecule has 12 heteroatoms. The van der Waals surface area contributed by atoms with Crippen molar-refractivity contribution in [3.8, 4) is 21.9 Å². The van der Waals surface area contributed by atoms with Crippen LogP contribution in [-0.4, -0.2) is 23.9 Å². The lowest BCUT2D eigenvalue weighted by molar-refractivity contribution is 0.0992. The van der Waals surface area contributed by atoms with Crippen molar-refractivity contribution in [2.45, 2.75) is 20.0 Å². The number of nitrogens with one attached hydrogen (secondary N) is 1. The van der Waals surface area contributed by atoms with Gasteiger partial charge < -0.3 is 24.9 Å². The SMILES string of the molecule is COc1ccc(OCc2ccc(C(=O)Nc3c(C(N)=O)sc4nc(C(F)F)cc(-c5ccc(C)s5)c34)o2)cc1. The van der Waals surface area contributed by atoms with Gasteiger partial charge in [0, 0.05) is 20.7 Å². The molecule has 0 unspecified atom stereocenters. The topological polar surface area (TPSA) is 117 Å². The zero-order valence-corrected chi connectivity index (χ0v) is 22.3. The van der Waals surface area contributed by atoms with Crippen molar-refractivity contribution >= 4 is 50.4 Å². The van der Waals surface area contributed by atoms with Crippen LogP contribution >= 0.6 is 22.7 Å². The minimum absolute atomic E-state index is 0.0126. The van der Waals surface area contributed by atoms with E-state index in [-0.39, 0.29) is 27.8 Å². The number of anilines is 1. The first kappa shape index (κ1) is 26.3. The number of hydrogen-bond donors (Lipinski definition) is 2. The summed E-state index contributed by atoms with van der Waals surface area (Å²) in [7, 11) is 1.57. The number of furan rings is 1. The molecule has 0 atom stereocenters. The molecule has 0 bridgehead atoms. The van der Waals surface area contributed by atoms with E-state index in [2.05, 4.69) is 10.3 Å². The largest absolute Gasteiger partial charge is 0.497 e. The number of hydrogen-bond acceptors (Lipinski definition) is 8. The second-order valence-corrected chi connectivity index (χ2v) is 10.6. The van der Waals surface area contributed by atoms with Gasteiger partial charge in [-0.3, -0.25) is 9.59 Å². The lowest BCUT2D eigenvalue weighted by Crippen LogP contribution is -2.16. The third-order valence-corrected chi connectivity index (χ3v) is 7.83. The van der Waals surface area contributed by atoms with Crippen LogP contribution in [0.15, 0.2) is 59.0 Å². The highest BCUT2D eigenvalue weighted by molar-refractivity contribution is 7.21. The van der Waals surface area contributed by atoms with Crippen molar-refractivity contribution in [3.05, 3.63) is 81.6 Å². The molecule has 200 valence electrons. The van der Waals surface area contributed by atoms with E-state index < -0.39 is 23.9 Å². The summed E-state index contributed by atoms with van der Waals surface area (Å²) < 4.78 is 43.8. The van der Waals surface area contributed by atoms with Gasteiger partial charge in [0.25, 0.3) is 18.2 Å². The van der Waals surface area contributed by atoms with Crippen molar-refractivity contribution in [2.24, 2.45) is 5.73 Å². The van der Waals surface area contributed by atoms with Gasteiger partial charge in [-0.1, -0.05) is 0 Å². The van der Waals surface area contributed by atoms with E-state index in [0.29, 0.717) is 33.1 Å². The lowest BCUT2D eigenvalue weighted by Gasteiger charge is -2.09. The first-order valence-electron chi connectivity index (χ1n) is 11.5. The lowest BCUT2D eigenvalue weighted by atomic mass is 10.1. The number of nitrogens with zero attached hydrogens (tertiary/aromatic N) is 1. The quantitative estimate of drug-likeness (QED) is 0.202. The average Bonchev–Trinajstić information content (AvgIpc) is 3.66. The predicted octanol–water partition coefficient (Wildman–Crippen LogP) is 6.80. The van der Waals surface area contributed by atoms with Crippen molar-refractivity contribution in [1.82, 2.24) is 4.98 Å². The monoisotopic (exact) mass is 569 g/mol. The minimum atomic E-state index is -2.83. The maximum absolute atomic E-state index is 13.7. The van der Waals surface area contributed by atoms with Crippen LogP contribution in [0, 0.1) is 6.92 Å². The van der Waals surface area contributed by atoms with Crippen molar-refractivity contribution in [2.75, 3.05) is 12.4 Å². The average molecular weight is 570 g/mol. The smallest absolute Gasteiger partial charge is 0.291 e. The van der Waals surface area contributed by atoms with E-state index in [1.54, 1.807) is 43.5 Å². The molecule has 0 aliphatic carbocycles. The van der Waals surface area contributed by atoms with Gasteiger partial charge >= 0.3 is 0 Å². The fourth-order valence-corrected chi connectivity index (χ4v) is 5.78. The molecule has 0 aliphatic rings. The Balaban J connectivity index is 1.46. The summed E-state index contributed by atoms with van der Waals surface area (Å²) in [6, 6.07) is 15.0. The molecule has 0 spiro atoms. The number of amides is 2. The van der Waals surface area contributed by atoms with E-state index in [1.165, 1.54) is 23.5 Å². The summed E-state index contributed by atoms with van der Waals surface area (Å²) in [4.78, 5) is 31.3. The molecule has 0 saturated carbocycles. The second kappa shape index (κ2) is 10.8. The van der Waals surface area contributed by atoms with Crippen LogP contribution in [0.3, 0.4) is 0 Å². The van der Waals surface area contributed by atoms with Gasteiger partial charge in [0.15, 0.2) is 5.76 Å². The molecule has 0 radical (unpaired) electrons. The van der Waals surface area contributed by atoms with E-state index in [9.17, 15) is 18.4 Å². The van der Waals surface area contributed by atoms with Crippen LogP contribution in [0.4, 0.5) is 14.5 Å². The number of halogens is 2. The van der Waals surface area contributed by atoms with Gasteiger partial charge in [0.05, 0.1) is 12.8 Å². The standard InChI is InChI=1S/C27H21F2N3O5S2/c1-13-3-10-20(38-13)17-11-18(24(28)29)31-27-21(17)22(23(39-27)25(30)33)32-26(34)19-9-8-16(37-19)12-36-15-6-4-14(35-2)5-7-15/h3-11,24H,12H2,1-2H3,(H2,30,33)(H,32,34). The molecular weight excluding hydrogens is 548 g/mol. The van der Waals surface area contributed by atoms with Crippen molar-refractivity contribution in [3.63, 3.8) is 0 Å². The molecule has 39 heavy (non-hydrogen) atoms.